The molecule has 2 fully saturated rings. The van der Waals surface area contributed by atoms with Gasteiger partial charge >= 0.3 is 12.1 Å². The maximum absolute atomic E-state index is 13.3. The van der Waals surface area contributed by atoms with E-state index in [1.54, 1.807) is 0 Å². The summed E-state index contributed by atoms with van der Waals surface area (Å²) >= 11 is 0. The van der Waals surface area contributed by atoms with Crippen LogP contribution in [0.2, 0.25) is 0 Å². The summed E-state index contributed by atoms with van der Waals surface area (Å²) in [6.07, 6.45) is 5.01. The summed E-state index contributed by atoms with van der Waals surface area (Å²) < 4.78 is 44.8. The number of rotatable bonds is 5. The monoisotopic (exact) mass is 320 g/mol. The van der Waals surface area contributed by atoms with Gasteiger partial charge in [0.2, 0.25) is 5.60 Å². The topological polar surface area (TPSA) is 26.3 Å². The standard InChI is InChI=1S/C17H27F3O2/c18-17(19,20)16(12-5-2-6-13-16)22-15(21)11-7-10-14-8-3-1-4-9-14/h14H,1-13H2. The van der Waals surface area contributed by atoms with Gasteiger partial charge < -0.3 is 4.74 Å². The molecule has 2 aliphatic carbocycles. The van der Waals surface area contributed by atoms with Crippen LogP contribution in [0.25, 0.3) is 0 Å². The fourth-order valence-electron chi connectivity index (χ4n) is 3.85. The Balaban J connectivity index is 1.78. The second-order valence-electron chi connectivity index (χ2n) is 6.92. The molecule has 0 spiro atoms. The number of carbonyl (C=O) groups is 1. The van der Waals surface area contributed by atoms with E-state index < -0.39 is 17.7 Å². The van der Waals surface area contributed by atoms with Crippen molar-refractivity contribution < 1.29 is 22.7 Å². The number of ether oxygens (including phenoxy) is 1. The summed E-state index contributed by atoms with van der Waals surface area (Å²) in [6, 6.07) is 0. The van der Waals surface area contributed by atoms with Gasteiger partial charge in [-0.15, -0.1) is 0 Å². The van der Waals surface area contributed by atoms with E-state index in [4.69, 9.17) is 4.74 Å². The summed E-state index contributed by atoms with van der Waals surface area (Å²) in [5.74, 6) is -0.0251. The highest BCUT2D eigenvalue weighted by atomic mass is 19.4. The number of hydrogen-bond acceptors (Lipinski definition) is 2. The predicted octanol–water partition coefficient (Wildman–Crippen LogP) is 5.55. The van der Waals surface area contributed by atoms with Gasteiger partial charge in [0.25, 0.3) is 0 Å². The highest BCUT2D eigenvalue weighted by Crippen LogP contribution is 2.44. The summed E-state index contributed by atoms with van der Waals surface area (Å²) in [6.45, 7) is 0. The Morgan fingerprint density at radius 1 is 1.00 bits per heavy atom. The molecule has 0 aromatic rings. The highest BCUT2D eigenvalue weighted by Gasteiger charge is 2.57. The van der Waals surface area contributed by atoms with Crippen LogP contribution in [0.5, 0.6) is 0 Å². The molecule has 0 unspecified atom stereocenters. The number of carbonyl (C=O) groups excluding carboxylic acids is 1. The second kappa shape index (κ2) is 7.69. The minimum Gasteiger partial charge on any atom is -0.449 e. The van der Waals surface area contributed by atoms with Crippen LogP contribution >= 0.6 is 0 Å². The highest BCUT2D eigenvalue weighted by molar-refractivity contribution is 5.70. The van der Waals surface area contributed by atoms with E-state index in [2.05, 4.69) is 0 Å². The molecule has 5 heteroatoms. The Hall–Kier alpha value is -0.740. The maximum atomic E-state index is 13.3. The van der Waals surface area contributed by atoms with Gasteiger partial charge in [-0.2, -0.15) is 13.2 Å². The number of esters is 1. The lowest BCUT2D eigenvalue weighted by Gasteiger charge is -2.38. The Morgan fingerprint density at radius 3 is 2.18 bits per heavy atom. The average molecular weight is 320 g/mol. The van der Waals surface area contributed by atoms with E-state index in [-0.39, 0.29) is 19.3 Å². The second-order valence-corrected chi connectivity index (χ2v) is 6.92. The lowest BCUT2D eigenvalue weighted by Crippen LogP contribution is -2.50. The molecule has 0 atom stereocenters. The summed E-state index contributed by atoms with van der Waals surface area (Å²) in [4.78, 5) is 11.9. The molecule has 2 rings (SSSR count). The Kier molecular flexibility index (Phi) is 6.16. The fourth-order valence-corrected chi connectivity index (χ4v) is 3.85. The molecule has 0 aromatic heterocycles. The molecule has 0 aromatic carbocycles. The minimum atomic E-state index is -4.45. The van der Waals surface area contributed by atoms with Crippen molar-refractivity contribution in [1.82, 2.24) is 0 Å². The molecule has 0 radical (unpaired) electrons. The van der Waals surface area contributed by atoms with Crippen LogP contribution < -0.4 is 0 Å². The van der Waals surface area contributed by atoms with Gasteiger partial charge in [0, 0.05) is 6.42 Å². The van der Waals surface area contributed by atoms with Crippen molar-refractivity contribution in [2.24, 2.45) is 5.92 Å². The van der Waals surface area contributed by atoms with Crippen molar-refractivity contribution in [3.05, 3.63) is 0 Å². The molecule has 0 saturated heterocycles. The molecule has 0 heterocycles. The maximum Gasteiger partial charge on any atom is 0.428 e. The van der Waals surface area contributed by atoms with Gasteiger partial charge in [0.1, 0.15) is 0 Å². The third-order valence-corrected chi connectivity index (χ3v) is 5.21. The van der Waals surface area contributed by atoms with Crippen LogP contribution in [-0.2, 0) is 9.53 Å². The number of halogens is 3. The number of hydrogen-bond donors (Lipinski definition) is 0. The molecule has 0 bridgehead atoms. The van der Waals surface area contributed by atoms with Crippen molar-refractivity contribution in [1.29, 1.82) is 0 Å². The third-order valence-electron chi connectivity index (χ3n) is 5.21. The largest absolute Gasteiger partial charge is 0.449 e. The van der Waals surface area contributed by atoms with Crippen LogP contribution in [0.4, 0.5) is 13.2 Å². The smallest absolute Gasteiger partial charge is 0.428 e. The van der Waals surface area contributed by atoms with E-state index in [0.29, 0.717) is 25.2 Å². The molecule has 2 aliphatic rings. The summed E-state index contributed by atoms with van der Waals surface area (Å²) in [7, 11) is 0. The van der Waals surface area contributed by atoms with Crippen molar-refractivity contribution in [3.8, 4) is 0 Å². The third kappa shape index (κ3) is 4.63. The number of alkyl halides is 3. The summed E-state index contributed by atoms with van der Waals surface area (Å²) in [5, 5.41) is 0. The van der Waals surface area contributed by atoms with Crippen molar-refractivity contribution >= 4 is 5.97 Å². The first-order valence-corrected chi connectivity index (χ1v) is 8.71. The zero-order valence-electron chi connectivity index (χ0n) is 13.2. The van der Waals surface area contributed by atoms with Crippen molar-refractivity contribution in [3.63, 3.8) is 0 Å². The fraction of sp³-hybridized carbons (Fsp3) is 0.941. The van der Waals surface area contributed by atoms with Gasteiger partial charge in [-0.25, -0.2) is 0 Å². The van der Waals surface area contributed by atoms with E-state index in [1.807, 2.05) is 0 Å². The van der Waals surface area contributed by atoms with E-state index >= 15 is 0 Å². The van der Waals surface area contributed by atoms with E-state index in [1.165, 1.54) is 32.1 Å². The summed E-state index contributed by atoms with van der Waals surface area (Å²) in [5.41, 5.74) is -2.22. The first-order valence-electron chi connectivity index (χ1n) is 8.71. The quantitative estimate of drug-likeness (QED) is 0.621. The Labute approximate surface area is 130 Å². The molecule has 2 saturated carbocycles. The molecular weight excluding hydrogens is 293 g/mol. The van der Waals surface area contributed by atoms with Gasteiger partial charge in [0.05, 0.1) is 0 Å². The van der Waals surface area contributed by atoms with E-state index in [9.17, 15) is 18.0 Å². The first-order chi connectivity index (χ1) is 10.4. The lowest BCUT2D eigenvalue weighted by molar-refractivity contribution is -0.279. The Morgan fingerprint density at radius 2 is 1.59 bits per heavy atom. The van der Waals surface area contributed by atoms with Crippen LogP contribution in [0, 0.1) is 5.92 Å². The van der Waals surface area contributed by atoms with Crippen LogP contribution in [-0.4, -0.2) is 17.7 Å². The average Bonchev–Trinajstić information content (AvgIpc) is 2.48. The van der Waals surface area contributed by atoms with Crippen LogP contribution in [0.1, 0.15) is 83.5 Å². The van der Waals surface area contributed by atoms with Crippen LogP contribution in [0.15, 0.2) is 0 Å². The molecule has 22 heavy (non-hydrogen) atoms. The molecule has 2 nitrogen and oxygen atoms in total. The van der Waals surface area contributed by atoms with Crippen molar-refractivity contribution in [2.45, 2.75) is 95.2 Å². The normalized spacial score (nSPS) is 23.2. The molecule has 0 N–H and O–H groups in total. The first kappa shape index (κ1) is 17.6. The van der Waals surface area contributed by atoms with Gasteiger partial charge in [0.15, 0.2) is 0 Å². The van der Waals surface area contributed by atoms with E-state index in [0.717, 1.165) is 12.8 Å². The molecule has 128 valence electrons. The van der Waals surface area contributed by atoms with Crippen LogP contribution in [0.3, 0.4) is 0 Å². The predicted molar refractivity (Wildman–Crippen MR) is 78.4 cm³/mol. The van der Waals surface area contributed by atoms with Crippen molar-refractivity contribution in [2.75, 3.05) is 0 Å². The lowest BCUT2D eigenvalue weighted by atomic mass is 9.84. The molecular formula is C17H27F3O2. The van der Waals surface area contributed by atoms with Gasteiger partial charge in [-0.05, 0) is 44.4 Å². The van der Waals surface area contributed by atoms with Gasteiger partial charge in [-0.1, -0.05) is 38.5 Å². The Bertz CT molecular complexity index is 353. The molecule has 0 amide bonds. The van der Waals surface area contributed by atoms with Gasteiger partial charge in [-0.3, -0.25) is 4.79 Å². The minimum absolute atomic E-state index is 0.0785. The molecule has 0 aliphatic heterocycles. The SMILES string of the molecule is O=C(CCCC1CCCCC1)OC1(C(F)(F)F)CCCCC1. The zero-order chi connectivity index (χ0) is 16.1. The zero-order valence-corrected chi connectivity index (χ0v) is 13.2.